The number of nitrogens with zero attached hydrogens (tertiary/aromatic N) is 7. The van der Waals surface area contributed by atoms with Crippen molar-refractivity contribution in [2.45, 2.75) is 13.0 Å². The molecule has 0 unspecified atom stereocenters. The molecule has 1 fully saturated rings. The zero-order valence-electron chi connectivity index (χ0n) is 18.6. The Morgan fingerprint density at radius 1 is 1.00 bits per heavy atom. The van der Waals surface area contributed by atoms with Crippen molar-refractivity contribution in [2.24, 2.45) is 0 Å². The smallest absolute Gasteiger partial charge is 0.205 e. The Labute approximate surface area is 197 Å². The molecule has 0 bridgehead atoms. The molecule has 0 radical (unpaired) electrons. The molecule has 4 aromatic rings. The minimum Gasteiger partial charge on any atom is -0.497 e. The van der Waals surface area contributed by atoms with Crippen LogP contribution in [0.2, 0.25) is 5.02 Å². The van der Waals surface area contributed by atoms with E-state index in [1.165, 1.54) is 5.69 Å². The van der Waals surface area contributed by atoms with Gasteiger partial charge in [-0.25, -0.2) is 0 Å². The maximum absolute atomic E-state index is 6.13. The molecule has 170 valence electrons. The molecule has 0 amide bonds. The molecule has 33 heavy (non-hydrogen) atoms. The molecule has 2 aromatic carbocycles. The lowest BCUT2D eigenvalue weighted by Gasteiger charge is -2.36. The first-order chi connectivity index (χ1) is 16.2. The number of ether oxygens (including phenoxy) is 1. The molecule has 1 aliphatic heterocycles. The number of rotatable bonds is 7. The Balaban J connectivity index is 1.13. The number of methoxy groups -OCH3 is 1. The molecule has 5 rings (SSSR count). The van der Waals surface area contributed by atoms with Crippen molar-refractivity contribution in [2.75, 3.05) is 44.7 Å². The summed E-state index contributed by atoms with van der Waals surface area (Å²) in [7, 11) is 1.65. The maximum atomic E-state index is 6.13. The van der Waals surface area contributed by atoms with Crippen molar-refractivity contribution < 1.29 is 4.74 Å². The Morgan fingerprint density at radius 3 is 2.73 bits per heavy atom. The van der Waals surface area contributed by atoms with Crippen molar-refractivity contribution in [3.63, 3.8) is 0 Å². The number of fused-ring (bicyclic) bond motifs is 1. The van der Waals surface area contributed by atoms with E-state index in [9.17, 15) is 0 Å². The number of aromatic nitrogens is 5. The summed E-state index contributed by atoms with van der Waals surface area (Å²) in [5, 5.41) is 14.8. The Bertz CT molecular complexity index is 1240. The maximum Gasteiger partial charge on any atom is 0.205 e. The second-order valence-corrected chi connectivity index (χ2v) is 8.55. The van der Waals surface area contributed by atoms with Crippen LogP contribution in [-0.2, 0) is 6.54 Å². The number of piperazine rings is 1. The van der Waals surface area contributed by atoms with Crippen LogP contribution in [0.15, 0.2) is 54.7 Å². The zero-order chi connectivity index (χ0) is 22.6. The average Bonchev–Trinajstić information content (AvgIpc) is 3.33. The monoisotopic (exact) mass is 463 g/mol. The van der Waals surface area contributed by atoms with Crippen LogP contribution in [0.5, 0.6) is 5.75 Å². The van der Waals surface area contributed by atoms with Crippen LogP contribution < -0.4 is 9.64 Å². The van der Waals surface area contributed by atoms with Gasteiger partial charge in [-0.2, -0.15) is 4.80 Å². The molecule has 0 saturated carbocycles. The highest BCUT2D eigenvalue weighted by Gasteiger charge is 2.19. The van der Waals surface area contributed by atoms with E-state index in [4.69, 9.17) is 16.3 Å². The van der Waals surface area contributed by atoms with Gasteiger partial charge in [0.25, 0.3) is 0 Å². The van der Waals surface area contributed by atoms with Gasteiger partial charge in [-0.05, 0) is 48.0 Å². The summed E-state index contributed by atoms with van der Waals surface area (Å²) >= 11 is 6.13. The van der Waals surface area contributed by atoms with E-state index in [2.05, 4.69) is 42.3 Å². The van der Waals surface area contributed by atoms with E-state index in [0.717, 1.165) is 72.9 Å². The van der Waals surface area contributed by atoms with Gasteiger partial charge in [0.15, 0.2) is 0 Å². The lowest BCUT2D eigenvalue weighted by Crippen LogP contribution is -2.46. The van der Waals surface area contributed by atoms with Gasteiger partial charge in [-0.3, -0.25) is 9.88 Å². The predicted molar refractivity (Wildman–Crippen MR) is 130 cm³/mol. The summed E-state index contributed by atoms with van der Waals surface area (Å²) in [5.74, 6) is 1.40. The van der Waals surface area contributed by atoms with Gasteiger partial charge in [-0.15, -0.1) is 10.2 Å². The largest absolute Gasteiger partial charge is 0.497 e. The quantitative estimate of drug-likeness (QED) is 0.413. The summed E-state index contributed by atoms with van der Waals surface area (Å²) in [6.45, 7) is 5.78. The van der Waals surface area contributed by atoms with Crippen molar-refractivity contribution >= 4 is 28.2 Å². The summed E-state index contributed by atoms with van der Waals surface area (Å²) in [4.78, 5) is 11.1. The molecule has 9 heteroatoms. The number of hydrogen-bond donors (Lipinski definition) is 0. The molecule has 8 nitrogen and oxygen atoms in total. The normalized spacial score (nSPS) is 14.7. The molecular weight excluding hydrogens is 438 g/mol. The van der Waals surface area contributed by atoms with Crippen molar-refractivity contribution in [1.82, 2.24) is 30.1 Å². The van der Waals surface area contributed by atoms with Gasteiger partial charge in [-0.1, -0.05) is 23.7 Å². The van der Waals surface area contributed by atoms with E-state index in [-0.39, 0.29) is 0 Å². The highest BCUT2D eigenvalue weighted by molar-refractivity contribution is 6.31. The number of pyridine rings is 1. The second kappa shape index (κ2) is 9.72. The molecule has 0 atom stereocenters. The second-order valence-electron chi connectivity index (χ2n) is 8.11. The van der Waals surface area contributed by atoms with E-state index in [0.29, 0.717) is 5.82 Å². The molecular formula is C24H26ClN7O. The summed E-state index contributed by atoms with van der Waals surface area (Å²) < 4.78 is 5.28. The minimum atomic E-state index is 0.619. The van der Waals surface area contributed by atoms with Gasteiger partial charge in [0.1, 0.15) is 5.75 Å². The highest BCUT2D eigenvalue weighted by atomic mass is 35.5. The van der Waals surface area contributed by atoms with Crippen LogP contribution in [0, 0.1) is 0 Å². The number of hydrogen-bond acceptors (Lipinski definition) is 7. The fourth-order valence-electron chi connectivity index (χ4n) is 4.25. The first kappa shape index (κ1) is 21.6. The molecule has 1 saturated heterocycles. The Morgan fingerprint density at radius 2 is 1.88 bits per heavy atom. The zero-order valence-corrected chi connectivity index (χ0v) is 19.3. The topological polar surface area (TPSA) is 72.2 Å². The third kappa shape index (κ3) is 4.91. The van der Waals surface area contributed by atoms with Gasteiger partial charge in [0.05, 0.1) is 19.2 Å². The van der Waals surface area contributed by atoms with Crippen LogP contribution in [-0.4, -0.2) is 69.9 Å². The van der Waals surface area contributed by atoms with Gasteiger partial charge < -0.3 is 9.64 Å². The lowest BCUT2D eigenvalue weighted by atomic mass is 10.1. The fourth-order valence-corrected chi connectivity index (χ4v) is 4.41. The number of halogens is 1. The van der Waals surface area contributed by atoms with Crippen LogP contribution in [0.4, 0.5) is 5.69 Å². The van der Waals surface area contributed by atoms with Gasteiger partial charge in [0.2, 0.25) is 5.82 Å². The summed E-state index contributed by atoms with van der Waals surface area (Å²) in [5.41, 5.74) is 3.08. The minimum absolute atomic E-state index is 0.619. The molecule has 0 N–H and O–H groups in total. The fraction of sp³-hybridized carbons (Fsp3) is 0.333. The third-order valence-corrected chi connectivity index (χ3v) is 6.24. The third-order valence-electron chi connectivity index (χ3n) is 6.01. The van der Waals surface area contributed by atoms with E-state index < -0.39 is 0 Å². The van der Waals surface area contributed by atoms with Gasteiger partial charge in [0, 0.05) is 60.6 Å². The average molecular weight is 464 g/mol. The summed E-state index contributed by atoms with van der Waals surface area (Å²) in [6, 6.07) is 15.7. The molecule has 1 aliphatic rings. The SMILES string of the molecule is COc1cccc(-c2nnn(CCCN3CCN(c4ccnc5cc(Cl)ccc45)CC3)n2)c1. The lowest BCUT2D eigenvalue weighted by molar-refractivity contribution is 0.247. The number of anilines is 1. The standard InChI is InChI=1S/C24H26ClN7O/c1-33-20-5-2-4-18(16-20)24-27-29-32(28-24)11-3-10-30-12-14-31(15-13-30)23-8-9-26-22-17-19(25)6-7-21(22)23/h2,4-9,16-17H,3,10-15H2,1H3. The molecule has 0 aliphatic carbocycles. The molecule has 3 heterocycles. The van der Waals surface area contributed by atoms with Crippen molar-refractivity contribution in [3.05, 3.63) is 59.8 Å². The number of aryl methyl sites for hydroxylation is 1. The first-order valence-electron chi connectivity index (χ1n) is 11.1. The number of benzene rings is 2. The summed E-state index contributed by atoms with van der Waals surface area (Å²) in [6.07, 6.45) is 2.84. The van der Waals surface area contributed by atoms with E-state index >= 15 is 0 Å². The van der Waals surface area contributed by atoms with E-state index in [1.54, 1.807) is 11.9 Å². The number of tetrazole rings is 1. The highest BCUT2D eigenvalue weighted by Crippen LogP contribution is 2.28. The van der Waals surface area contributed by atoms with Crippen LogP contribution in [0.25, 0.3) is 22.3 Å². The van der Waals surface area contributed by atoms with Gasteiger partial charge >= 0.3 is 0 Å². The van der Waals surface area contributed by atoms with Crippen LogP contribution in [0.3, 0.4) is 0 Å². The van der Waals surface area contributed by atoms with Crippen molar-refractivity contribution in [3.8, 4) is 17.1 Å². The Kier molecular flexibility index (Phi) is 6.37. The first-order valence-corrected chi connectivity index (χ1v) is 11.5. The van der Waals surface area contributed by atoms with Crippen LogP contribution >= 0.6 is 11.6 Å². The molecule has 2 aromatic heterocycles. The Hall–Kier alpha value is -3.23. The van der Waals surface area contributed by atoms with E-state index in [1.807, 2.05) is 42.6 Å². The molecule has 0 spiro atoms. The predicted octanol–water partition coefficient (Wildman–Crippen LogP) is 3.76. The van der Waals surface area contributed by atoms with Crippen LogP contribution in [0.1, 0.15) is 6.42 Å². The van der Waals surface area contributed by atoms with Crippen molar-refractivity contribution in [1.29, 1.82) is 0 Å².